The van der Waals surface area contributed by atoms with Crippen LogP contribution in [-0.4, -0.2) is 33.0 Å². The van der Waals surface area contributed by atoms with Gasteiger partial charge in [-0.3, -0.25) is 0 Å². The number of sulfonamides is 1. The van der Waals surface area contributed by atoms with E-state index in [0.29, 0.717) is 31.5 Å². The van der Waals surface area contributed by atoms with E-state index in [0.717, 1.165) is 11.3 Å². The first kappa shape index (κ1) is 21.9. The lowest BCUT2D eigenvalue weighted by atomic mass is 9.94. The molecule has 154 valence electrons. The van der Waals surface area contributed by atoms with E-state index in [1.54, 1.807) is 24.4 Å². The van der Waals surface area contributed by atoms with Gasteiger partial charge in [0.1, 0.15) is 5.76 Å². The molecule has 0 amide bonds. The number of oxazole rings is 1. The SMILES string of the molecule is CCNC(=NCc1cccc(S(=O)(=O)NC)c1)NCc1ncc(C(C)(C)C)o1. The van der Waals surface area contributed by atoms with Gasteiger partial charge in [-0.1, -0.05) is 32.9 Å². The Balaban J connectivity index is 2.06. The highest BCUT2D eigenvalue weighted by molar-refractivity contribution is 7.89. The number of aromatic nitrogens is 1. The second kappa shape index (κ2) is 9.20. The van der Waals surface area contributed by atoms with Gasteiger partial charge in [-0.05, 0) is 31.7 Å². The van der Waals surface area contributed by atoms with E-state index >= 15 is 0 Å². The Bertz CT molecular complexity index is 914. The first-order valence-electron chi connectivity index (χ1n) is 9.15. The van der Waals surface area contributed by atoms with E-state index in [1.165, 1.54) is 7.05 Å². The van der Waals surface area contributed by atoms with Gasteiger partial charge in [0, 0.05) is 12.0 Å². The molecular weight excluding hydrogens is 378 g/mol. The van der Waals surface area contributed by atoms with Crippen molar-refractivity contribution in [1.82, 2.24) is 20.3 Å². The van der Waals surface area contributed by atoms with Gasteiger partial charge in [-0.2, -0.15) is 0 Å². The number of nitrogens with one attached hydrogen (secondary N) is 3. The van der Waals surface area contributed by atoms with Crippen LogP contribution in [0.25, 0.3) is 0 Å². The average Bonchev–Trinajstić information content (AvgIpc) is 3.14. The number of hydrogen-bond acceptors (Lipinski definition) is 5. The summed E-state index contributed by atoms with van der Waals surface area (Å²) in [5.41, 5.74) is 0.697. The zero-order chi connectivity index (χ0) is 20.8. The van der Waals surface area contributed by atoms with Crippen molar-refractivity contribution in [2.45, 2.75) is 51.1 Å². The van der Waals surface area contributed by atoms with Crippen LogP contribution in [-0.2, 0) is 28.5 Å². The molecule has 1 aromatic heterocycles. The molecule has 0 radical (unpaired) electrons. The normalized spacial score (nSPS) is 12.8. The Kier molecular flexibility index (Phi) is 7.20. The summed E-state index contributed by atoms with van der Waals surface area (Å²) in [4.78, 5) is 9.03. The van der Waals surface area contributed by atoms with E-state index < -0.39 is 10.0 Å². The molecule has 2 aromatic rings. The molecule has 28 heavy (non-hydrogen) atoms. The van der Waals surface area contributed by atoms with Crippen LogP contribution >= 0.6 is 0 Å². The third-order valence-corrected chi connectivity index (χ3v) is 5.35. The van der Waals surface area contributed by atoms with Crippen LogP contribution in [0.2, 0.25) is 0 Å². The lowest BCUT2D eigenvalue weighted by molar-refractivity contribution is 0.379. The van der Waals surface area contributed by atoms with Gasteiger partial charge in [0.05, 0.1) is 24.2 Å². The molecule has 2 rings (SSSR count). The van der Waals surface area contributed by atoms with Crippen molar-refractivity contribution in [2.75, 3.05) is 13.6 Å². The minimum absolute atomic E-state index is 0.0947. The fourth-order valence-electron chi connectivity index (χ4n) is 2.34. The number of hydrogen-bond donors (Lipinski definition) is 3. The number of rotatable bonds is 7. The quantitative estimate of drug-likeness (QED) is 0.479. The lowest BCUT2D eigenvalue weighted by Crippen LogP contribution is -2.36. The third-order valence-electron chi connectivity index (χ3n) is 3.94. The van der Waals surface area contributed by atoms with Gasteiger partial charge < -0.3 is 15.1 Å². The van der Waals surface area contributed by atoms with Crippen molar-refractivity contribution >= 4 is 16.0 Å². The second-order valence-electron chi connectivity index (χ2n) is 7.27. The smallest absolute Gasteiger partial charge is 0.240 e. The summed E-state index contributed by atoms with van der Waals surface area (Å²) in [6.45, 7) is 9.60. The molecule has 0 fully saturated rings. The molecule has 0 spiro atoms. The van der Waals surface area contributed by atoms with Crippen molar-refractivity contribution in [1.29, 1.82) is 0 Å². The van der Waals surface area contributed by atoms with Crippen LogP contribution in [0.15, 0.2) is 44.8 Å². The Morgan fingerprint density at radius 1 is 1.25 bits per heavy atom. The summed E-state index contributed by atoms with van der Waals surface area (Å²) in [5.74, 6) is 2.01. The Labute approximate surface area is 166 Å². The van der Waals surface area contributed by atoms with Crippen molar-refractivity contribution in [3.63, 3.8) is 0 Å². The minimum atomic E-state index is -3.48. The first-order chi connectivity index (χ1) is 13.2. The summed E-state index contributed by atoms with van der Waals surface area (Å²) in [7, 11) is -2.09. The van der Waals surface area contributed by atoms with Crippen LogP contribution in [0.1, 0.15) is 44.9 Å². The van der Waals surface area contributed by atoms with Gasteiger partial charge >= 0.3 is 0 Å². The monoisotopic (exact) mass is 407 g/mol. The van der Waals surface area contributed by atoms with Crippen molar-refractivity contribution < 1.29 is 12.8 Å². The maximum Gasteiger partial charge on any atom is 0.240 e. The molecule has 9 heteroatoms. The number of benzene rings is 1. The summed E-state index contributed by atoms with van der Waals surface area (Å²) >= 11 is 0. The molecule has 3 N–H and O–H groups in total. The van der Waals surface area contributed by atoms with Crippen molar-refractivity contribution in [3.05, 3.63) is 47.7 Å². The molecule has 1 heterocycles. The standard InChI is InChI=1S/C19H29N5O3S/c1-6-21-18(24-13-17-22-12-16(27-17)19(2,3)4)23-11-14-8-7-9-15(10-14)28(25,26)20-5/h7-10,12,20H,6,11,13H2,1-5H3,(H2,21,23,24). The van der Waals surface area contributed by atoms with Gasteiger partial charge in [0.15, 0.2) is 5.96 Å². The summed E-state index contributed by atoms with van der Waals surface area (Å²) in [5, 5.41) is 6.34. The molecule has 0 atom stereocenters. The Morgan fingerprint density at radius 3 is 2.61 bits per heavy atom. The molecule has 0 aliphatic carbocycles. The van der Waals surface area contributed by atoms with Crippen molar-refractivity contribution in [2.24, 2.45) is 4.99 Å². The molecule has 0 aliphatic heterocycles. The van der Waals surface area contributed by atoms with E-state index in [2.05, 4.69) is 46.1 Å². The number of aliphatic imine (C=N–C) groups is 1. The van der Waals surface area contributed by atoms with E-state index in [4.69, 9.17) is 4.42 Å². The van der Waals surface area contributed by atoms with Crippen LogP contribution < -0.4 is 15.4 Å². The highest BCUT2D eigenvalue weighted by atomic mass is 32.2. The number of nitrogens with zero attached hydrogens (tertiary/aromatic N) is 2. The van der Waals surface area contributed by atoms with Gasteiger partial charge in [0.25, 0.3) is 0 Å². The molecule has 0 saturated carbocycles. The highest BCUT2D eigenvalue weighted by Crippen LogP contribution is 2.22. The predicted octanol–water partition coefficient (Wildman–Crippen LogP) is 2.14. The first-order valence-corrected chi connectivity index (χ1v) is 10.6. The summed E-state index contributed by atoms with van der Waals surface area (Å²) in [6, 6.07) is 6.71. The molecule has 0 bridgehead atoms. The van der Waals surface area contributed by atoms with Gasteiger partial charge in [0.2, 0.25) is 15.9 Å². The largest absolute Gasteiger partial charge is 0.443 e. The fourth-order valence-corrected chi connectivity index (χ4v) is 3.14. The van der Waals surface area contributed by atoms with Crippen LogP contribution in [0.5, 0.6) is 0 Å². The Hall–Kier alpha value is -2.39. The molecule has 8 nitrogen and oxygen atoms in total. The third kappa shape index (κ3) is 6.07. The average molecular weight is 408 g/mol. The number of guanidine groups is 1. The van der Waals surface area contributed by atoms with Crippen LogP contribution in [0.3, 0.4) is 0 Å². The van der Waals surface area contributed by atoms with Gasteiger partial charge in [-0.25, -0.2) is 23.1 Å². The Morgan fingerprint density at radius 2 is 2.00 bits per heavy atom. The zero-order valence-corrected chi connectivity index (χ0v) is 17.9. The van der Waals surface area contributed by atoms with Crippen molar-refractivity contribution in [3.8, 4) is 0 Å². The van der Waals surface area contributed by atoms with E-state index in [-0.39, 0.29) is 10.3 Å². The topological polar surface area (TPSA) is 109 Å². The highest BCUT2D eigenvalue weighted by Gasteiger charge is 2.19. The van der Waals surface area contributed by atoms with E-state index in [1.807, 2.05) is 13.0 Å². The molecule has 0 unspecified atom stereocenters. The predicted molar refractivity (Wildman–Crippen MR) is 110 cm³/mol. The maximum absolute atomic E-state index is 11.9. The summed E-state index contributed by atoms with van der Waals surface area (Å²) in [6.07, 6.45) is 1.74. The maximum atomic E-state index is 11.9. The zero-order valence-electron chi connectivity index (χ0n) is 17.0. The fraction of sp³-hybridized carbons (Fsp3) is 0.474. The lowest BCUT2D eigenvalue weighted by Gasteiger charge is -2.13. The van der Waals surface area contributed by atoms with Crippen LogP contribution in [0, 0.1) is 0 Å². The van der Waals surface area contributed by atoms with Gasteiger partial charge in [-0.15, -0.1) is 0 Å². The van der Waals surface area contributed by atoms with Crippen LogP contribution in [0.4, 0.5) is 0 Å². The molecular formula is C19H29N5O3S. The summed E-state index contributed by atoms with van der Waals surface area (Å²) < 4.78 is 32.0. The molecule has 0 aliphatic rings. The second-order valence-corrected chi connectivity index (χ2v) is 9.16. The van der Waals surface area contributed by atoms with E-state index in [9.17, 15) is 8.42 Å². The molecule has 0 saturated heterocycles. The molecule has 1 aromatic carbocycles. The minimum Gasteiger partial charge on any atom is -0.443 e.